The minimum absolute atomic E-state index is 0.253. The summed E-state index contributed by atoms with van der Waals surface area (Å²) >= 11 is 3.40. The lowest BCUT2D eigenvalue weighted by atomic mass is 10.1. The molecule has 0 heterocycles. The van der Waals surface area contributed by atoms with Gasteiger partial charge < -0.3 is 0 Å². The van der Waals surface area contributed by atoms with Crippen molar-refractivity contribution in [1.82, 2.24) is 0 Å². The van der Waals surface area contributed by atoms with E-state index in [0.29, 0.717) is 12.2 Å². The molecular weight excluding hydrogens is 235 g/mol. The molecular formula is C10H9BrFO+. The van der Waals surface area contributed by atoms with Gasteiger partial charge in [-0.1, -0.05) is 15.9 Å². The van der Waals surface area contributed by atoms with Crippen molar-refractivity contribution in [2.24, 2.45) is 0 Å². The van der Waals surface area contributed by atoms with Crippen molar-refractivity contribution < 1.29 is 9.18 Å². The van der Waals surface area contributed by atoms with E-state index >= 15 is 0 Å². The first-order valence-corrected chi connectivity index (χ1v) is 4.84. The van der Waals surface area contributed by atoms with Gasteiger partial charge in [0, 0.05) is 6.42 Å². The van der Waals surface area contributed by atoms with Crippen molar-refractivity contribution >= 4 is 21.7 Å². The number of halogens is 2. The average molecular weight is 244 g/mol. The van der Waals surface area contributed by atoms with Crippen LogP contribution >= 0.6 is 15.9 Å². The molecule has 1 atom stereocenters. The third-order valence-corrected chi connectivity index (χ3v) is 2.99. The Hall–Kier alpha value is -0.700. The molecule has 0 amide bonds. The Balaban J connectivity index is 2.57. The topological polar surface area (TPSA) is 21.4 Å². The maximum absolute atomic E-state index is 12.8. The van der Waals surface area contributed by atoms with E-state index in [1.807, 2.05) is 6.92 Å². The fraction of sp³-hybridized carbons (Fsp3) is 0.300. The van der Waals surface area contributed by atoms with Gasteiger partial charge in [0.05, 0.1) is 5.56 Å². The molecule has 1 aliphatic rings. The van der Waals surface area contributed by atoms with E-state index in [0.717, 1.165) is 11.1 Å². The van der Waals surface area contributed by atoms with Crippen LogP contribution < -0.4 is 0 Å². The summed E-state index contributed by atoms with van der Waals surface area (Å²) in [6, 6.07) is 4.45. The molecule has 0 saturated heterocycles. The highest BCUT2D eigenvalue weighted by Crippen LogP contribution is 2.35. The first-order valence-electron chi connectivity index (χ1n) is 4.05. The highest BCUT2D eigenvalue weighted by atomic mass is 79.9. The van der Waals surface area contributed by atoms with E-state index in [-0.39, 0.29) is 5.82 Å². The van der Waals surface area contributed by atoms with E-state index in [1.165, 1.54) is 12.1 Å². The molecule has 2 rings (SSSR count). The van der Waals surface area contributed by atoms with Crippen LogP contribution in [0.4, 0.5) is 4.39 Å². The summed E-state index contributed by atoms with van der Waals surface area (Å²) in [7, 11) is 0. The zero-order valence-electron chi connectivity index (χ0n) is 7.14. The fourth-order valence-electron chi connectivity index (χ4n) is 1.66. The smallest absolute Gasteiger partial charge is 0.277 e. The Morgan fingerprint density at radius 1 is 1.54 bits per heavy atom. The Morgan fingerprint density at radius 3 is 2.92 bits per heavy atom. The molecule has 13 heavy (non-hydrogen) atoms. The Labute approximate surface area is 84.1 Å². The van der Waals surface area contributed by atoms with Crippen LogP contribution in [0.1, 0.15) is 18.1 Å². The van der Waals surface area contributed by atoms with Crippen LogP contribution in [-0.2, 0) is 6.42 Å². The molecule has 1 aromatic carbocycles. The van der Waals surface area contributed by atoms with Crippen molar-refractivity contribution in [3.05, 3.63) is 35.1 Å². The van der Waals surface area contributed by atoms with Gasteiger partial charge in [-0.2, -0.15) is 0 Å². The largest absolute Gasteiger partial charge is 0.340 e. The van der Waals surface area contributed by atoms with Gasteiger partial charge in [0.1, 0.15) is 10.1 Å². The minimum atomic E-state index is -0.427. The molecule has 0 saturated carbocycles. The third kappa shape index (κ3) is 1.31. The van der Waals surface area contributed by atoms with Gasteiger partial charge in [-0.15, -0.1) is 0 Å². The SMILES string of the molecule is CC1(Br)Cc2cc(F)ccc2C1=[OH+]. The van der Waals surface area contributed by atoms with Gasteiger partial charge >= 0.3 is 5.78 Å². The number of hydrogen-bond acceptors (Lipinski definition) is 0. The zero-order valence-corrected chi connectivity index (χ0v) is 8.73. The van der Waals surface area contributed by atoms with Gasteiger partial charge in [0.2, 0.25) is 0 Å². The van der Waals surface area contributed by atoms with E-state index in [9.17, 15) is 9.18 Å². The first-order chi connectivity index (χ1) is 6.00. The number of alkyl halides is 1. The molecule has 1 aliphatic carbocycles. The average Bonchev–Trinajstić information content (AvgIpc) is 2.22. The molecule has 1 nitrogen and oxygen atoms in total. The summed E-state index contributed by atoms with van der Waals surface area (Å²) in [5, 5.41) is 0. The molecule has 68 valence electrons. The lowest BCUT2D eigenvalue weighted by molar-refractivity contribution is 0.625. The van der Waals surface area contributed by atoms with Crippen LogP contribution in [0, 0.1) is 5.82 Å². The zero-order chi connectivity index (χ0) is 9.64. The molecule has 3 heteroatoms. The lowest BCUT2D eigenvalue weighted by Gasteiger charge is -2.05. The quantitative estimate of drug-likeness (QED) is 0.493. The Kier molecular flexibility index (Phi) is 1.80. The molecule has 0 bridgehead atoms. The summed E-state index contributed by atoms with van der Waals surface area (Å²) in [6.07, 6.45) is 0.631. The minimum Gasteiger partial charge on any atom is -0.277 e. The monoisotopic (exact) mass is 243 g/mol. The van der Waals surface area contributed by atoms with Crippen molar-refractivity contribution in [2.45, 2.75) is 17.7 Å². The van der Waals surface area contributed by atoms with Crippen LogP contribution in [0.25, 0.3) is 0 Å². The summed E-state index contributed by atoms with van der Waals surface area (Å²) < 4.78 is 12.4. The summed E-state index contributed by atoms with van der Waals surface area (Å²) in [4.78, 5) is 9.75. The van der Waals surface area contributed by atoms with Crippen LogP contribution in [0.15, 0.2) is 18.2 Å². The predicted octanol–water partition coefficient (Wildman–Crippen LogP) is 2.43. The van der Waals surface area contributed by atoms with Crippen molar-refractivity contribution in [2.75, 3.05) is 0 Å². The second-order valence-electron chi connectivity index (χ2n) is 3.52. The molecule has 1 unspecified atom stereocenters. The molecule has 1 N–H and O–H groups in total. The molecule has 0 aromatic heterocycles. The fourth-order valence-corrected chi connectivity index (χ4v) is 2.18. The Bertz CT molecular complexity index is 385. The van der Waals surface area contributed by atoms with Crippen LogP contribution in [-0.4, -0.2) is 14.9 Å². The van der Waals surface area contributed by atoms with Gasteiger partial charge in [-0.25, -0.2) is 4.39 Å². The molecule has 0 fully saturated rings. The number of benzene rings is 1. The molecule has 0 radical (unpaired) electrons. The van der Waals surface area contributed by atoms with Gasteiger partial charge in [0.25, 0.3) is 0 Å². The van der Waals surface area contributed by atoms with E-state index in [4.69, 9.17) is 0 Å². The van der Waals surface area contributed by atoms with Crippen LogP contribution in [0.3, 0.4) is 0 Å². The van der Waals surface area contributed by atoms with Crippen molar-refractivity contribution in [3.63, 3.8) is 0 Å². The number of hydrogen-bond donors (Lipinski definition) is 0. The van der Waals surface area contributed by atoms with E-state index in [2.05, 4.69) is 15.9 Å². The normalized spacial score (nSPS) is 26.2. The van der Waals surface area contributed by atoms with E-state index in [1.54, 1.807) is 6.07 Å². The van der Waals surface area contributed by atoms with Crippen LogP contribution in [0.5, 0.6) is 0 Å². The number of ketones is 1. The summed E-state index contributed by atoms with van der Waals surface area (Å²) in [5.74, 6) is 0.0410. The lowest BCUT2D eigenvalue weighted by Crippen LogP contribution is -2.24. The van der Waals surface area contributed by atoms with Crippen molar-refractivity contribution in [1.29, 1.82) is 0 Å². The van der Waals surface area contributed by atoms with Crippen LogP contribution in [0.2, 0.25) is 0 Å². The van der Waals surface area contributed by atoms with Gasteiger partial charge in [0.15, 0.2) is 0 Å². The summed E-state index contributed by atoms with van der Waals surface area (Å²) in [6.45, 7) is 1.88. The molecule has 0 spiro atoms. The second-order valence-corrected chi connectivity index (χ2v) is 5.27. The van der Waals surface area contributed by atoms with Crippen molar-refractivity contribution in [3.8, 4) is 0 Å². The number of rotatable bonds is 0. The number of carbonyl (C=O) groups excluding carboxylic acids is 1. The molecule has 1 aromatic rings. The highest BCUT2D eigenvalue weighted by Gasteiger charge is 2.44. The van der Waals surface area contributed by atoms with E-state index < -0.39 is 4.32 Å². The number of fused-ring (bicyclic) bond motifs is 1. The first kappa shape index (κ1) is 8.88. The summed E-state index contributed by atoms with van der Waals surface area (Å²) in [5.41, 5.74) is 1.61. The third-order valence-electron chi connectivity index (χ3n) is 2.34. The standard InChI is InChI=1S/C10H8BrFO/c1-10(11)5-6-4-7(12)2-3-8(6)9(10)13/h2-4H,5H2,1H3/p+1. The highest BCUT2D eigenvalue weighted by molar-refractivity contribution is 9.10. The second kappa shape index (κ2) is 2.64. The maximum Gasteiger partial charge on any atom is 0.340 e. The Morgan fingerprint density at radius 2 is 2.23 bits per heavy atom. The molecule has 0 aliphatic heterocycles. The predicted molar refractivity (Wildman–Crippen MR) is 53.5 cm³/mol. The van der Waals surface area contributed by atoms with Gasteiger partial charge in [-0.3, -0.25) is 4.79 Å². The maximum atomic E-state index is 12.8. The van der Waals surface area contributed by atoms with Gasteiger partial charge in [-0.05, 0) is 30.7 Å².